The van der Waals surface area contributed by atoms with Gasteiger partial charge >= 0.3 is 5.97 Å². The molecular weight excluding hydrogens is 338 g/mol. The zero-order chi connectivity index (χ0) is 19.5. The molecule has 26 heavy (non-hydrogen) atoms. The van der Waals surface area contributed by atoms with Crippen molar-refractivity contribution in [3.8, 4) is 0 Å². The number of aliphatic hydroxyl groups is 1. The van der Waals surface area contributed by atoms with Gasteiger partial charge in [-0.1, -0.05) is 37.3 Å². The van der Waals surface area contributed by atoms with Crippen LogP contribution in [0.25, 0.3) is 0 Å². The van der Waals surface area contributed by atoms with Gasteiger partial charge in [-0.15, -0.1) is 0 Å². The van der Waals surface area contributed by atoms with Crippen LogP contribution in [0.15, 0.2) is 30.3 Å². The lowest BCUT2D eigenvalue weighted by molar-refractivity contribution is -0.139. The Morgan fingerprint density at radius 3 is 2.35 bits per heavy atom. The summed E-state index contributed by atoms with van der Waals surface area (Å²) in [6.45, 7) is 1.72. The highest BCUT2D eigenvalue weighted by molar-refractivity contribution is 5.86. The van der Waals surface area contributed by atoms with Crippen LogP contribution < -0.4 is 16.4 Å². The molecule has 8 heteroatoms. The molecule has 144 valence electrons. The highest BCUT2D eigenvalue weighted by Gasteiger charge is 2.22. The molecule has 0 saturated carbocycles. The third-order valence-corrected chi connectivity index (χ3v) is 4.04. The molecule has 1 aromatic rings. The summed E-state index contributed by atoms with van der Waals surface area (Å²) >= 11 is 0. The zero-order valence-corrected chi connectivity index (χ0v) is 14.9. The van der Waals surface area contributed by atoms with Crippen LogP contribution >= 0.6 is 0 Å². The number of nitrogens with one attached hydrogen (secondary N) is 2. The number of carbonyl (C=O) groups is 3. The molecule has 0 aliphatic carbocycles. The number of aliphatic carboxylic acids is 1. The van der Waals surface area contributed by atoms with Gasteiger partial charge in [0.1, 0.15) is 0 Å². The number of amides is 2. The molecule has 0 fully saturated rings. The van der Waals surface area contributed by atoms with Gasteiger partial charge in [-0.05, 0) is 18.4 Å². The van der Waals surface area contributed by atoms with Crippen molar-refractivity contribution in [2.45, 2.75) is 38.3 Å². The van der Waals surface area contributed by atoms with Crippen molar-refractivity contribution < 1.29 is 24.6 Å². The number of hydrogen-bond donors (Lipinski definition) is 5. The van der Waals surface area contributed by atoms with E-state index in [9.17, 15) is 19.5 Å². The average molecular weight is 365 g/mol. The number of rotatable bonds is 11. The summed E-state index contributed by atoms with van der Waals surface area (Å²) in [5.41, 5.74) is 6.43. The van der Waals surface area contributed by atoms with Crippen LogP contribution in [-0.2, 0) is 14.4 Å². The first-order valence-corrected chi connectivity index (χ1v) is 8.60. The van der Waals surface area contributed by atoms with Crippen LogP contribution in [-0.4, -0.2) is 47.2 Å². The Balaban J connectivity index is 2.50. The predicted molar refractivity (Wildman–Crippen MR) is 96.0 cm³/mol. The van der Waals surface area contributed by atoms with Gasteiger partial charge in [-0.3, -0.25) is 14.4 Å². The Morgan fingerprint density at radius 1 is 1.15 bits per heavy atom. The van der Waals surface area contributed by atoms with Crippen molar-refractivity contribution in [1.82, 2.24) is 10.6 Å². The second kappa shape index (κ2) is 11.2. The summed E-state index contributed by atoms with van der Waals surface area (Å²) in [4.78, 5) is 34.6. The topological polar surface area (TPSA) is 142 Å². The predicted octanol–water partition coefficient (Wildman–Crippen LogP) is 0.171. The number of carboxylic acids is 1. The largest absolute Gasteiger partial charge is 0.481 e. The molecule has 1 unspecified atom stereocenters. The third kappa shape index (κ3) is 7.20. The number of benzene rings is 1. The molecule has 2 amide bonds. The van der Waals surface area contributed by atoms with E-state index < -0.39 is 30.3 Å². The molecule has 0 aliphatic heterocycles. The first kappa shape index (κ1) is 21.6. The van der Waals surface area contributed by atoms with E-state index in [1.165, 1.54) is 0 Å². The van der Waals surface area contributed by atoms with E-state index in [0.717, 1.165) is 5.56 Å². The lowest BCUT2D eigenvalue weighted by atomic mass is 10.0. The molecule has 0 bridgehead atoms. The second-order valence-electron chi connectivity index (χ2n) is 6.04. The molecule has 0 aliphatic rings. The van der Waals surface area contributed by atoms with E-state index in [1.54, 1.807) is 0 Å². The van der Waals surface area contributed by atoms with E-state index in [0.29, 0.717) is 6.42 Å². The van der Waals surface area contributed by atoms with Gasteiger partial charge in [-0.25, -0.2) is 0 Å². The lowest BCUT2D eigenvalue weighted by Crippen LogP contribution is -2.43. The quantitative estimate of drug-likeness (QED) is 0.378. The fraction of sp³-hybridized carbons (Fsp3) is 0.500. The van der Waals surface area contributed by atoms with Crippen molar-refractivity contribution >= 4 is 17.8 Å². The summed E-state index contributed by atoms with van der Waals surface area (Å²) in [5.74, 6) is -2.73. The number of aliphatic hydroxyl groups excluding tert-OH is 1. The zero-order valence-electron chi connectivity index (χ0n) is 14.9. The number of nitrogens with two attached hydrogens (primary N) is 1. The Hall–Kier alpha value is -2.45. The number of carboxylic acid groups (broad SMARTS) is 1. The van der Waals surface area contributed by atoms with Gasteiger partial charge in [0.05, 0.1) is 31.0 Å². The van der Waals surface area contributed by atoms with Crippen molar-refractivity contribution in [2.75, 3.05) is 13.2 Å². The molecule has 0 radical (unpaired) electrons. The molecule has 0 heterocycles. The fourth-order valence-electron chi connectivity index (χ4n) is 2.48. The van der Waals surface area contributed by atoms with E-state index in [2.05, 4.69) is 10.6 Å². The van der Waals surface area contributed by atoms with Crippen LogP contribution in [0.5, 0.6) is 0 Å². The number of hydrogen-bond acceptors (Lipinski definition) is 5. The summed E-state index contributed by atoms with van der Waals surface area (Å²) in [5, 5.41) is 23.5. The van der Waals surface area contributed by atoms with Crippen molar-refractivity contribution in [3.63, 3.8) is 0 Å². The van der Waals surface area contributed by atoms with Crippen molar-refractivity contribution in [3.05, 3.63) is 35.9 Å². The summed E-state index contributed by atoms with van der Waals surface area (Å²) in [6, 6.07) is 8.23. The van der Waals surface area contributed by atoms with Crippen molar-refractivity contribution in [2.24, 2.45) is 11.7 Å². The fourth-order valence-corrected chi connectivity index (χ4v) is 2.48. The van der Waals surface area contributed by atoms with Gasteiger partial charge in [0.25, 0.3) is 0 Å². The minimum absolute atomic E-state index is 0.118. The maximum atomic E-state index is 12.4. The van der Waals surface area contributed by atoms with Gasteiger partial charge in [-0.2, -0.15) is 0 Å². The molecule has 3 atom stereocenters. The molecule has 1 rings (SSSR count). The maximum absolute atomic E-state index is 12.4. The molecule has 0 aromatic heterocycles. The molecular formula is C18H27N3O5. The third-order valence-electron chi connectivity index (χ3n) is 4.04. The maximum Gasteiger partial charge on any atom is 0.305 e. The average Bonchev–Trinajstić information content (AvgIpc) is 2.63. The monoisotopic (exact) mass is 365 g/mol. The van der Waals surface area contributed by atoms with Gasteiger partial charge in [0, 0.05) is 6.54 Å². The molecule has 8 nitrogen and oxygen atoms in total. The van der Waals surface area contributed by atoms with Crippen LogP contribution in [0.4, 0.5) is 0 Å². The molecule has 0 spiro atoms. The SMILES string of the molecule is CC[C@H](NC(=O)C(CO)CCNC(=O)[C@@H](N)CC(=O)O)c1ccccc1. The first-order chi connectivity index (χ1) is 12.4. The van der Waals surface area contributed by atoms with E-state index in [1.807, 2.05) is 37.3 Å². The van der Waals surface area contributed by atoms with Crippen LogP contribution in [0, 0.1) is 5.92 Å². The standard InChI is InChI=1S/C18H27N3O5/c1-2-15(12-6-4-3-5-7-12)21-17(25)13(11-22)8-9-20-18(26)14(19)10-16(23)24/h3-7,13-15,22H,2,8-11,19H2,1H3,(H,20,26)(H,21,25)(H,23,24)/t13?,14-,15-/m0/s1. The van der Waals surface area contributed by atoms with Gasteiger partial charge < -0.3 is 26.6 Å². The normalized spacial score (nSPS) is 14.1. The number of carbonyl (C=O) groups excluding carboxylic acids is 2. The summed E-state index contributed by atoms with van der Waals surface area (Å²) in [7, 11) is 0. The summed E-state index contributed by atoms with van der Waals surface area (Å²) in [6.07, 6.45) is 0.457. The van der Waals surface area contributed by atoms with Crippen LogP contribution in [0.2, 0.25) is 0 Å². The van der Waals surface area contributed by atoms with Crippen molar-refractivity contribution in [1.29, 1.82) is 0 Å². The molecule has 1 aromatic carbocycles. The molecule has 6 N–H and O–H groups in total. The minimum Gasteiger partial charge on any atom is -0.481 e. The van der Waals surface area contributed by atoms with Crippen LogP contribution in [0.1, 0.15) is 37.8 Å². The van der Waals surface area contributed by atoms with Gasteiger partial charge in [0.15, 0.2) is 0 Å². The van der Waals surface area contributed by atoms with Crippen LogP contribution in [0.3, 0.4) is 0 Å². The Bertz CT molecular complexity index is 594. The Morgan fingerprint density at radius 2 is 1.81 bits per heavy atom. The highest BCUT2D eigenvalue weighted by Crippen LogP contribution is 2.17. The first-order valence-electron chi connectivity index (χ1n) is 8.60. The Kier molecular flexibility index (Phi) is 9.32. The minimum atomic E-state index is -1.16. The second-order valence-corrected chi connectivity index (χ2v) is 6.04. The lowest BCUT2D eigenvalue weighted by Gasteiger charge is -2.21. The highest BCUT2D eigenvalue weighted by atomic mass is 16.4. The van der Waals surface area contributed by atoms with Gasteiger partial charge in [0.2, 0.25) is 11.8 Å². The van der Waals surface area contributed by atoms with E-state index in [4.69, 9.17) is 10.8 Å². The Labute approximate surface area is 152 Å². The molecule has 0 saturated heterocycles. The van der Waals surface area contributed by atoms with E-state index >= 15 is 0 Å². The summed E-state index contributed by atoms with van der Waals surface area (Å²) < 4.78 is 0. The van der Waals surface area contributed by atoms with E-state index in [-0.39, 0.29) is 31.5 Å². The smallest absolute Gasteiger partial charge is 0.305 e.